The van der Waals surface area contributed by atoms with E-state index in [0.29, 0.717) is 17.1 Å². The molecule has 0 saturated carbocycles. The largest absolute Gasteiger partial charge is 0.352 e. The number of hydrogen-bond donors (Lipinski definition) is 0. The van der Waals surface area contributed by atoms with Crippen LogP contribution in [0.25, 0.3) is 22.5 Å². The molecule has 0 aliphatic carbocycles. The molecule has 4 aromatic rings. The first kappa shape index (κ1) is 23.2. The van der Waals surface area contributed by atoms with Gasteiger partial charge in [-0.25, -0.2) is 4.98 Å². The minimum Gasteiger partial charge on any atom is -0.352 e. The number of aryl methyl sites for hydroxylation is 2. The Morgan fingerprint density at radius 3 is 2.61 bits per heavy atom. The molecule has 6 heteroatoms. The summed E-state index contributed by atoms with van der Waals surface area (Å²) in [5, 5.41) is 11.0. The van der Waals surface area contributed by atoms with E-state index >= 15 is 0 Å². The maximum atomic E-state index is 9.59. The predicted octanol–water partition coefficient (Wildman–Crippen LogP) is 8.27. The molecular weight excluding hydrogens is 487 g/mol. The van der Waals surface area contributed by atoms with Crippen LogP contribution in [0.2, 0.25) is 10.0 Å². The van der Waals surface area contributed by atoms with E-state index in [4.69, 9.17) is 28.2 Å². The maximum absolute atomic E-state index is 9.59. The summed E-state index contributed by atoms with van der Waals surface area (Å²) in [5.41, 5.74) is 10.8. The molecule has 1 unspecified atom stereocenters. The van der Waals surface area contributed by atoms with Gasteiger partial charge in [-0.05, 0) is 79.8 Å². The van der Waals surface area contributed by atoms with E-state index in [9.17, 15) is 5.26 Å². The van der Waals surface area contributed by atoms with E-state index in [1.165, 1.54) is 22.4 Å². The van der Waals surface area contributed by atoms with Crippen molar-refractivity contribution >= 4 is 28.9 Å². The number of imidazole rings is 1. The van der Waals surface area contributed by atoms with Crippen LogP contribution < -0.4 is 4.90 Å². The van der Waals surface area contributed by atoms with Gasteiger partial charge in [0, 0.05) is 22.2 Å². The van der Waals surface area contributed by atoms with Crippen LogP contribution in [-0.2, 0) is 13.0 Å². The third-order valence-electron chi connectivity index (χ3n) is 7.49. The van der Waals surface area contributed by atoms with Gasteiger partial charge >= 0.3 is 0 Å². The van der Waals surface area contributed by atoms with Crippen molar-refractivity contribution in [2.45, 2.75) is 52.7 Å². The van der Waals surface area contributed by atoms with Crippen molar-refractivity contribution in [1.29, 1.82) is 5.26 Å². The highest BCUT2D eigenvalue weighted by Crippen LogP contribution is 2.56. The predicted molar refractivity (Wildman–Crippen MR) is 147 cm³/mol. The van der Waals surface area contributed by atoms with Gasteiger partial charge in [0.15, 0.2) is 0 Å². The first-order chi connectivity index (χ1) is 17.3. The lowest BCUT2D eigenvalue weighted by Gasteiger charge is -2.38. The molecule has 0 saturated heterocycles. The Bertz CT molecular complexity index is 1590. The van der Waals surface area contributed by atoms with E-state index in [-0.39, 0.29) is 12.1 Å². The van der Waals surface area contributed by atoms with Gasteiger partial charge in [0.05, 0.1) is 46.3 Å². The topological polar surface area (TPSA) is 44.9 Å². The molecule has 36 heavy (non-hydrogen) atoms. The zero-order chi connectivity index (χ0) is 25.3. The molecule has 180 valence electrons. The fraction of sp³-hybridized carbons (Fsp3) is 0.267. The molecule has 0 N–H and O–H groups in total. The molecule has 1 atom stereocenters. The van der Waals surface area contributed by atoms with Crippen LogP contribution >= 0.6 is 23.2 Å². The maximum Gasteiger partial charge on any atom is 0.141 e. The number of aromatic nitrogens is 2. The number of fused-ring (bicyclic) bond motifs is 8. The number of benzene rings is 3. The summed E-state index contributed by atoms with van der Waals surface area (Å²) in [6, 6.07) is 18.6. The highest BCUT2D eigenvalue weighted by molar-refractivity contribution is 6.35. The van der Waals surface area contributed by atoms with Gasteiger partial charge in [-0.15, -0.1) is 0 Å². The van der Waals surface area contributed by atoms with E-state index in [0.717, 1.165) is 45.3 Å². The molecular formula is C30H26Cl2N4. The summed E-state index contributed by atoms with van der Waals surface area (Å²) >= 11 is 13.3. The second kappa shape index (κ2) is 8.40. The van der Waals surface area contributed by atoms with Gasteiger partial charge in [-0.3, -0.25) is 0 Å². The van der Waals surface area contributed by atoms with E-state index < -0.39 is 0 Å². The number of nitriles is 1. The Morgan fingerprint density at radius 1 is 1.08 bits per heavy atom. The van der Waals surface area contributed by atoms with Crippen molar-refractivity contribution in [3.8, 4) is 28.6 Å². The van der Waals surface area contributed by atoms with E-state index in [1.54, 1.807) is 0 Å². The summed E-state index contributed by atoms with van der Waals surface area (Å²) in [6.07, 6.45) is 0.874. The summed E-state index contributed by atoms with van der Waals surface area (Å²) in [6.45, 7) is 9.39. The van der Waals surface area contributed by atoms with Crippen LogP contribution in [0, 0.1) is 18.3 Å². The van der Waals surface area contributed by atoms with Crippen LogP contribution in [-0.4, -0.2) is 9.55 Å². The fourth-order valence-electron chi connectivity index (χ4n) is 5.98. The van der Waals surface area contributed by atoms with Crippen molar-refractivity contribution in [2.75, 3.05) is 4.90 Å². The lowest BCUT2D eigenvalue weighted by Crippen LogP contribution is -2.29. The lowest BCUT2D eigenvalue weighted by atomic mass is 9.86. The number of nitrogens with zero attached hydrogens (tertiary/aromatic N) is 4. The Kier molecular flexibility index (Phi) is 5.41. The Morgan fingerprint density at radius 2 is 1.89 bits per heavy atom. The molecule has 0 fully saturated rings. The number of hydrogen-bond acceptors (Lipinski definition) is 3. The van der Waals surface area contributed by atoms with Gasteiger partial charge in [0.2, 0.25) is 0 Å². The monoisotopic (exact) mass is 512 g/mol. The van der Waals surface area contributed by atoms with E-state index in [2.05, 4.69) is 61.4 Å². The van der Waals surface area contributed by atoms with E-state index in [1.807, 2.05) is 30.3 Å². The third-order valence-corrected chi connectivity index (χ3v) is 8.04. The van der Waals surface area contributed by atoms with Crippen LogP contribution in [0.15, 0.2) is 48.5 Å². The molecule has 3 aromatic carbocycles. The third kappa shape index (κ3) is 3.23. The highest BCUT2D eigenvalue weighted by atomic mass is 35.5. The summed E-state index contributed by atoms with van der Waals surface area (Å²) < 4.78 is 2.37. The van der Waals surface area contributed by atoms with Crippen molar-refractivity contribution in [3.05, 3.63) is 92.2 Å². The average Bonchev–Trinajstić information content (AvgIpc) is 3.41. The van der Waals surface area contributed by atoms with Gasteiger partial charge in [-0.1, -0.05) is 48.3 Å². The molecule has 1 aromatic heterocycles. The highest BCUT2D eigenvalue weighted by Gasteiger charge is 2.44. The van der Waals surface area contributed by atoms with Gasteiger partial charge < -0.3 is 9.47 Å². The second-order valence-corrected chi connectivity index (χ2v) is 10.8. The fourth-order valence-corrected chi connectivity index (χ4v) is 6.40. The summed E-state index contributed by atoms with van der Waals surface area (Å²) in [5.74, 6) is 0.938. The van der Waals surface area contributed by atoms with Crippen molar-refractivity contribution in [2.24, 2.45) is 0 Å². The van der Waals surface area contributed by atoms with Crippen LogP contribution in [0.1, 0.15) is 66.5 Å². The zero-order valence-electron chi connectivity index (χ0n) is 20.7. The number of rotatable bonds is 3. The molecule has 2 aliphatic rings. The summed E-state index contributed by atoms with van der Waals surface area (Å²) in [4.78, 5) is 7.70. The molecule has 6 rings (SSSR count). The lowest BCUT2D eigenvalue weighted by molar-refractivity contribution is 0.563. The standard InChI is InChI=1S/C30H26Cl2N4/c1-5-19-8-7-18(14-33)12-22(19)30-34-25-15-35-27-17(4)6-11-24(32)26(27)23-13-20(31)9-10-21(23)28(35)29(25)36(30)16(2)3/h6-13,16,28H,5,15H2,1-4H3. The smallest absolute Gasteiger partial charge is 0.141 e. The van der Waals surface area contributed by atoms with Gasteiger partial charge in [0.1, 0.15) is 5.82 Å². The van der Waals surface area contributed by atoms with Crippen molar-refractivity contribution in [1.82, 2.24) is 9.55 Å². The van der Waals surface area contributed by atoms with Crippen LogP contribution in [0.3, 0.4) is 0 Å². The molecule has 2 aliphatic heterocycles. The minimum absolute atomic E-state index is 0.00445. The second-order valence-electron chi connectivity index (χ2n) is 9.92. The first-order valence-electron chi connectivity index (χ1n) is 12.3. The number of halogens is 2. The molecule has 0 radical (unpaired) electrons. The SMILES string of the molecule is CCc1ccc(C#N)cc1-c1nc2c(n1C(C)C)C1c3ccc(Cl)cc3-c3c(Cl)ccc(C)c3N1C2. The Hall–Kier alpha value is -3.26. The number of anilines is 1. The van der Waals surface area contributed by atoms with Crippen LogP contribution in [0.5, 0.6) is 0 Å². The quantitative estimate of drug-likeness (QED) is 0.277. The van der Waals surface area contributed by atoms with Gasteiger partial charge in [-0.2, -0.15) is 5.26 Å². The first-order valence-corrected chi connectivity index (χ1v) is 13.1. The normalized spacial score (nSPS) is 15.4. The average molecular weight is 513 g/mol. The van der Waals surface area contributed by atoms with Gasteiger partial charge in [0.25, 0.3) is 0 Å². The molecule has 0 amide bonds. The molecule has 4 nitrogen and oxygen atoms in total. The summed E-state index contributed by atoms with van der Waals surface area (Å²) in [7, 11) is 0. The van der Waals surface area contributed by atoms with Crippen molar-refractivity contribution in [3.63, 3.8) is 0 Å². The van der Waals surface area contributed by atoms with Crippen LogP contribution in [0.4, 0.5) is 5.69 Å². The molecule has 3 heterocycles. The zero-order valence-corrected chi connectivity index (χ0v) is 22.2. The molecule has 0 bridgehead atoms. The minimum atomic E-state index is 0.00445. The van der Waals surface area contributed by atoms with Crippen molar-refractivity contribution < 1.29 is 0 Å². The molecule has 0 spiro atoms. The Labute approximate surface area is 221 Å². The Balaban J connectivity index is 1.64.